The molecule has 0 aromatic heterocycles. The first-order chi connectivity index (χ1) is 13.0. The zero-order valence-corrected chi connectivity index (χ0v) is 15.9. The molecule has 1 amide bonds. The summed E-state index contributed by atoms with van der Waals surface area (Å²) in [5.41, 5.74) is 7.58. The molecule has 3 aliphatic heterocycles. The molecular weight excluding hydrogens is 338 g/mol. The van der Waals surface area contributed by atoms with E-state index in [4.69, 9.17) is 5.73 Å². The van der Waals surface area contributed by atoms with Gasteiger partial charge < -0.3 is 5.73 Å². The number of nitrogens with zero attached hydrogens (tertiary/aromatic N) is 2. The van der Waals surface area contributed by atoms with Gasteiger partial charge in [0, 0.05) is 36.9 Å². The monoisotopic (exact) mass is 366 g/mol. The molecule has 3 heterocycles. The molecule has 2 saturated heterocycles. The summed E-state index contributed by atoms with van der Waals surface area (Å²) in [6, 6.07) is 9.52. The number of Topliss-reactive ketones (excluding diaryl/α,β-unsaturated/α-hetero) is 1. The van der Waals surface area contributed by atoms with Crippen LogP contribution in [0.4, 0.5) is 5.69 Å². The maximum Gasteiger partial charge on any atom is 0.258 e. The Morgan fingerprint density at radius 2 is 1.81 bits per heavy atom. The fraction of sp³-hybridized carbons (Fsp3) is 0.545. The molecule has 0 radical (unpaired) electrons. The number of primary amides is 1. The molecule has 5 rings (SSSR count). The number of piperidine rings is 1. The van der Waals surface area contributed by atoms with Crippen LogP contribution in [0.3, 0.4) is 0 Å². The Morgan fingerprint density at radius 1 is 1.15 bits per heavy atom. The second-order valence-electron chi connectivity index (χ2n) is 8.99. The van der Waals surface area contributed by atoms with Gasteiger partial charge in [0.25, 0.3) is 5.91 Å². The van der Waals surface area contributed by atoms with E-state index in [9.17, 15) is 9.59 Å². The van der Waals surface area contributed by atoms with Gasteiger partial charge in [0.2, 0.25) is 5.78 Å². The summed E-state index contributed by atoms with van der Waals surface area (Å²) in [5.74, 6) is -0.129. The van der Waals surface area contributed by atoms with Gasteiger partial charge >= 0.3 is 0 Å². The van der Waals surface area contributed by atoms with Crippen LogP contribution in [0.15, 0.2) is 36.0 Å². The Kier molecular flexibility index (Phi) is 3.82. The third kappa shape index (κ3) is 2.59. The molecule has 1 saturated carbocycles. The SMILES string of the molecule is CN1C2CCC1CC([N+]1(CC3CC3)C=C(C(N)=O)C(=O)c3ccccc31)C2. The molecule has 3 fully saturated rings. The summed E-state index contributed by atoms with van der Waals surface area (Å²) < 4.78 is 0.645. The van der Waals surface area contributed by atoms with E-state index in [1.54, 1.807) is 0 Å². The van der Waals surface area contributed by atoms with E-state index in [1.165, 1.54) is 25.7 Å². The minimum atomic E-state index is -0.594. The number of quaternary nitrogens is 1. The number of para-hydroxylation sites is 1. The van der Waals surface area contributed by atoms with E-state index in [0.717, 1.165) is 25.1 Å². The molecule has 1 aliphatic carbocycles. The van der Waals surface area contributed by atoms with Gasteiger partial charge in [-0.25, -0.2) is 0 Å². The lowest BCUT2D eigenvalue weighted by atomic mass is 9.88. The van der Waals surface area contributed by atoms with Gasteiger partial charge in [-0.3, -0.25) is 19.0 Å². The minimum absolute atomic E-state index is 0.181. The molecule has 27 heavy (non-hydrogen) atoms. The van der Waals surface area contributed by atoms with Crippen LogP contribution in [0.2, 0.25) is 0 Å². The van der Waals surface area contributed by atoms with Crippen molar-refractivity contribution in [1.29, 1.82) is 0 Å². The van der Waals surface area contributed by atoms with E-state index in [1.807, 2.05) is 24.4 Å². The summed E-state index contributed by atoms with van der Waals surface area (Å²) in [5, 5.41) is 0. The molecule has 142 valence electrons. The number of fused-ring (bicyclic) bond motifs is 3. The van der Waals surface area contributed by atoms with Gasteiger partial charge in [-0.15, -0.1) is 0 Å². The highest BCUT2D eigenvalue weighted by molar-refractivity contribution is 6.28. The summed E-state index contributed by atoms with van der Waals surface area (Å²) >= 11 is 0. The lowest BCUT2D eigenvalue weighted by Gasteiger charge is -2.49. The number of amides is 1. The molecule has 5 heteroatoms. The van der Waals surface area contributed by atoms with Crippen molar-refractivity contribution in [3.05, 3.63) is 41.6 Å². The standard InChI is InChI=1S/C22H27N3O2/c1-24-15-8-9-16(24)11-17(10-15)25(12-14-6-7-14)13-19(22(23)27)21(26)18-4-2-3-5-20(18)25/h2-5,13-17H,6-12H2,1H3,(H-,23,27)/p+1. The van der Waals surface area contributed by atoms with Crippen molar-refractivity contribution < 1.29 is 9.59 Å². The van der Waals surface area contributed by atoms with Crippen LogP contribution >= 0.6 is 0 Å². The Balaban J connectivity index is 1.67. The molecular formula is C22H28N3O2+. The average molecular weight is 366 g/mol. The molecule has 1 aromatic carbocycles. The molecule has 2 bridgehead atoms. The van der Waals surface area contributed by atoms with Crippen molar-refractivity contribution >= 4 is 17.4 Å². The minimum Gasteiger partial charge on any atom is -0.365 e. The predicted molar refractivity (Wildman–Crippen MR) is 105 cm³/mol. The number of rotatable bonds is 4. The normalized spacial score (nSPS) is 35.7. The fourth-order valence-electron chi connectivity index (χ4n) is 5.80. The molecule has 4 aliphatic rings. The van der Waals surface area contributed by atoms with Crippen molar-refractivity contribution in [2.24, 2.45) is 11.7 Å². The van der Waals surface area contributed by atoms with Gasteiger partial charge in [0.1, 0.15) is 23.5 Å². The second kappa shape index (κ2) is 6.01. The number of ketones is 1. The van der Waals surface area contributed by atoms with Crippen LogP contribution in [0.5, 0.6) is 0 Å². The lowest BCUT2D eigenvalue weighted by Crippen LogP contribution is -2.61. The number of carbonyl (C=O) groups excluding carboxylic acids is 2. The summed E-state index contributed by atoms with van der Waals surface area (Å²) in [7, 11) is 2.25. The van der Waals surface area contributed by atoms with Crippen LogP contribution in [-0.4, -0.2) is 48.3 Å². The zero-order valence-electron chi connectivity index (χ0n) is 15.9. The highest BCUT2D eigenvalue weighted by atomic mass is 16.2. The van der Waals surface area contributed by atoms with Gasteiger partial charge in [0.05, 0.1) is 12.1 Å². The molecule has 5 nitrogen and oxygen atoms in total. The quantitative estimate of drug-likeness (QED) is 0.658. The van der Waals surface area contributed by atoms with E-state index in [0.29, 0.717) is 34.1 Å². The Morgan fingerprint density at radius 3 is 2.44 bits per heavy atom. The van der Waals surface area contributed by atoms with Crippen molar-refractivity contribution in [3.63, 3.8) is 0 Å². The fourth-order valence-corrected chi connectivity index (χ4v) is 5.80. The summed E-state index contributed by atoms with van der Waals surface area (Å²) in [6.45, 7) is 0.981. The zero-order chi connectivity index (χ0) is 18.8. The van der Waals surface area contributed by atoms with Gasteiger partial charge in [-0.1, -0.05) is 12.1 Å². The maximum atomic E-state index is 12.9. The van der Waals surface area contributed by atoms with Crippen LogP contribution < -0.4 is 10.2 Å². The van der Waals surface area contributed by atoms with E-state index in [-0.39, 0.29) is 11.4 Å². The Labute approximate surface area is 160 Å². The highest BCUT2D eigenvalue weighted by Gasteiger charge is 2.53. The summed E-state index contributed by atoms with van der Waals surface area (Å²) in [4.78, 5) is 27.6. The first-order valence-electron chi connectivity index (χ1n) is 10.3. The van der Waals surface area contributed by atoms with Crippen molar-refractivity contribution in [3.8, 4) is 0 Å². The number of benzene rings is 1. The largest absolute Gasteiger partial charge is 0.365 e. The van der Waals surface area contributed by atoms with Crippen molar-refractivity contribution in [2.75, 3.05) is 13.6 Å². The topological polar surface area (TPSA) is 63.4 Å². The first kappa shape index (κ1) is 17.1. The third-order valence-corrected chi connectivity index (χ3v) is 7.45. The van der Waals surface area contributed by atoms with Crippen molar-refractivity contribution in [1.82, 2.24) is 9.38 Å². The van der Waals surface area contributed by atoms with Crippen LogP contribution in [-0.2, 0) is 4.79 Å². The molecule has 0 spiro atoms. The second-order valence-corrected chi connectivity index (χ2v) is 8.99. The van der Waals surface area contributed by atoms with E-state index >= 15 is 0 Å². The predicted octanol–water partition coefficient (Wildman–Crippen LogP) is 2.59. The number of hydrogen-bond acceptors (Lipinski definition) is 3. The molecule has 1 aromatic rings. The lowest BCUT2D eigenvalue weighted by molar-refractivity contribution is -0.114. The first-order valence-corrected chi connectivity index (χ1v) is 10.3. The van der Waals surface area contributed by atoms with Gasteiger partial charge in [-0.05, 0) is 38.8 Å². The smallest absolute Gasteiger partial charge is 0.258 e. The maximum absolute atomic E-state index is 12.9. The van der Waals surface area contributed by atoms with Crippen LogP contribution in [0.1, 0.15) is 48.9 Å². The van der Waals surface area contributed by atoms with E-state index in [2.05, 4.69) is 18.0 Å². The molecule has 3 unspecified atom stereocenters. The average Bonchev–Trinajstić information content (AvgIpc) is 3.45. The number of nitrogens with two attached hydrogens (primary N) is 1. The van der Waals surface area contributed by atoms with Crippen LogP contribution in [0.25, 0.3) is 0 Å². The Hall–Kier alpha value is -1.98. The Bertz CT molecular complexity index is 830. The number of carbonyl (C=O) groups is 2. The summed E-state index contributed by atoms with van der Waals surface area (Å²) in [6.07, 6.45) is 9.18. The van der Waals surface area contributed by atoms with E-state index < -0.39 is 5.91 Å². The molecule has 2 N–H and O–H groups in total. The van der Waals surface area contributed by atoms with Gasteiger partial charge in [-0.2, -0.15) is 0 Å². The molecule has 3 atom stereocenters. The number of hydrogen-bond donors (Lipinski definition) is 1. The highest BCUT2D eigenvalue weighted by Crippen LogP contribution is 2.47. The third-order valence-electron chi connectivity index (χ3n) is 7.45. The van der Waals surface area contributed by atoms with Crippen molar-refractivity contribution in [2.45, 2.75) is 56.7 Å². The van der Waals surface area contributed by atoms with Gasteiger partial charge in [0.15, 0.2) is 0 Å². The van der Waals surface area contributed by atoms with Crippen LogP contribution in [0, 0.1) is 5.92 Å².